The molecule has 0 spiro atoms. The lowest BCUT2D eigenvalue weighted by Gasteiger charge is -2.31. The summed E-state index contributed by atoms with van der Waals surface area (Å²) in [6.45, 7) is 4.21. The molecular formula is C21H30N4O3S. The van der Waals surface area contributed by atoms with Crippen LogP contribution in [0, 0.1) is 0 Å². The van der Waals surface area contributed by atoms with Gasteiger partial charge in [0, 0.05) is 31.1 Å². The number of carbonyl (C=O) groups excluding carboxylic acids is 3. The van der Waals surface area contributed by atoms with Gasteiger partial charge in [0.05, 0.1) is 18.7 Å². The topological polar surface area (TPSA) is 64.2 Å². The first-order valence-corrected chi connectivity index (χ1v) is 11.4. The van der Waals surface area contributed by atoms with Crippen molar-refractivity contribution in [1.29, 1.82) is 0 Å². The van der Waals surface area contributed by atoms with Crippen LogP contribution in [0.25, 0.3) is 0 Å². The molecule has 0 saturated heterocycles. The smallest absolute Gasteiger partial charge is 0.257 e. The quantitative estimate of drug-likeness (QED) is 0.750. The van der Waals surface area contributed by atoms with Gasteiger partial charge in [0.15, 0.2) is 0 Å². The maximum atomic E-state index is 13.0. The fourth-order valence-corrected chi connectivity index (χ4v) is 6.22. The second-order valence-electron chi connectivity index (χ2n) is 8.40. The summed E-state index contributed by atoms with van der Waals surface area (Å²) in [6.07, 6.45) is 5.55. The van der Waals surface area contributed by atoms with Gasteiger partial charge in [-0.2, -0.15) is 0 Å². The maximum absolute atomic E-state index is 13.0. The Labute approximate surface area is 176 Å². The minimum atomic E-state index is -0.0810. The average molecular weight is 419 g/mol. The summed E-state index contributed by atoms with van der Waals surface area (Å²) in [5.41, 5.74) is 1.71. The van der Waals surface area contributed by atoms with Crippen LogP contribution in [0.1, 0.15) is 53.4 Å². The number of likely N-dealkylation sites (N-methyl/N-ethyl adjacent to an activating group) is 3. The Morgan fingerprint density at radius 3 is 2.62 bits per heavy atom. The average Bonchev–Trinajstić information content (AvgIpc) is 3.33. The van der Waals surface area contributed by atoms with Crippen molar-refractivity contribution in [3.63, 3.8) is 0 Å². The van der Waals surface area contributed by atoms with Crippen LogP contribution in [0.4, 0.5) is 5.00 Å². The van der Waals surface area contributed by atoms with Gasteiger partial charge in [0.25, 0.3) is 5.91 Å². The van der Waals surface area contributed by atoms with E-state index in [0.29, 0.717) is 44.2 Å². The molecule has 29 heavy (non-hydrogen) atoms. The highest BCUT2D eigenvalue weighted by molar-refractivity contribution is 7.17. The SMILES string of the molecule is CCN1C(=O)CN(C)C(=O)c2c1sc1c2CCN(C(=O)CN(C)C2CCCC2)C1. The molecule has 0 aromatic carbocycles. The van der Waals surface area contributed by atoms with Gasteiger partial charge in [0.1, 0.15) is 11.5 Å². The third-order valence-corrected chi connectivity index (χ3v) is 7.76. The molecule has 1 aliphatic carbocycles. The first kappa shape index (κ1) is 20.3. The molecule has 0 radical (unpaired) electrons. The number of anilines is 1. The number of fused-ring (bicyclic) bond motifs is 3. The van der Waals surface area contributed by atoms with Crippen LogP contribution in [0.2, 0.25) is 0 Å². The summed E-state index contributed by atoms with van der Waals surface area (Å²) in [7, 11) is 3.74. The van der Waals surface area contributed by atoms with Crippen molar-refractivity contribution < 1.29 is 14.4 Å². The summed E-state index contributed by atoms with van der Waals surface area (Å²) < 4.78 is 0. The van der Waals surface area contributed by atoms with E-state index in [-0.39, 0.29) is 24.3 Å². The van der Waals surface area contributed by atoms with E-state index in [4.69, 9.17) is 0 Å². The van der Waals surface area contributed by atoms with Crippen molar-refractivity contribution >= 4 is 34.1 Å². The molecule has 2 aliphatic heterocycles. The van der Waals surface area contributed by atoms with Crippen molar-refractivity contribution in [2.24, 2.45) is 0 Å². The van der Waals surface area contributed by atoms with Crippen LogP contribution >= 0.6 is 11.3 Å². The molecule has 1 aromatic rings. The van der Waals surface area contributed by atoms with E-state index in [1.807, 2.05) is 11.8 Å². The van der Waals surface area contributed by atoms with Gasteiger partial charge in [-0.3, -0.25) is 19.3 Å². The molecule has 1 aromatic heterocycles. The van der Waals surface area contributed by atoms with E-state index in [1.54, 1.807) is 11.9 Å². The van der Waals surface area contributed by atoms with Crippen molar-refractivity contribution in [1.82, 2.24) is 14.7 Å². The van der Waals surface area contributed by atoms with Gasteiger partial charge < -0.3 is 14.7 Å². The molecule has 0 bridgehead atoms. The predicted octanol–water partition coefficient (Wildman–Crippen LogP) is 1.95. The third-order valence-electron chi connectivity index (χ3n) is 6.52. The van der Waals surface area contributed by atoms with Crippen LogP contribution in [0.15, 0.2) is 0 Å². The largest absolute Gasteiger partial charge is 0.336 e. The monoisotopic (exact) mass is 418 g/mol. The highest BCUT2D eigenvalue weighted by Crippen LogP contribution is 2.41. The van der Waals surface area contributed by atoms with Gasteiger partial charge >= 0.3 is 0 Å². The molecule has 0 N–H and O–H groups in total. The highest BCUT2D eigenvalue weighted by atomic mass is 32.1. The molecule has 8 heteroatoms. The first-order valence-electron chi connectivity index (χ1n) is 10.6. The molecule has 1 fully saturated rings. The molecule has 3 aliphatic rings. The minimum absolute atomic E-state index is 0.0492. The van der Waals surface area contributed by atoms with Crippen LogP contribution in [0.5, 0.6) is 0 Å². The van der Waals surface area contributed by atoms with E-state index in [2.05, 4.69) is 11.9 Å². The highest BCUT2D eigenvalue weighted by Gasteiger charge is 2.37. The maximum Gasteiger partial charge on any atom is 0.257 e. The molecule has 0 unspecified atom stereocenters. The Hall–Kier alpha value is -1.93. The lowest BCUT2D eigenvalue weighted by atomic mass is 10.0. The van der Waals surface area contributed by atoms with Gasteiger partial charge in [-0.1, -0.05) is 12.8 Å². The Bertz CT molecular complexity index is 830. The van der Waals surface area contributed by atoms with Crippen molar-refractivity contribution in [3.8, 4) is 0 Å². The number of carbonyl (C=O) groups is 3. The molecule has 3 amide bonds. The molecule has 3 heterocycles. The van der Waals surface area contributed by atoms with Gasteiger partial charge in [0.2, 0.25) is 11.8 Å². The molecule has 7 nitrogen and oxygen atoms in total. The third kappa shape index (κ3) is 3.68. The summed E-state index contributed by atoms with van der Waals surface area (Å²) in [4.78, 5) is 46.8. The van der Waals surface area contributed by atoms with E-state index >= 15 is 0 Å². The van der Waals surface area contributed by atoms with Crippen LogP contribution < -0.4 is 4.90 Å². The van der Waals surface area contributed by atoms with Crippen LogP contribution in [0.3, 0.4) is 0 Å². The Kier molecular flexibility index (Phi) is 5.66. The van der Waals surface area contributed by atoms with Crippen molar-refractivity contribution in [2.75, 3.05) is 45.2 Å². The first-order chi connectivity index (χ1) is 13.9. The predicted molar refractivity (Wildman–Crippen MR) is 113 cm³/mol. The van der Waals surface area contributed by atoms with Crippen molar-refractivity contribution in [2.45, 2.75) is 51.6 Å². The lowest BCUT2D eigenvalue weighted by molar-refractivity contribution is -0.133. The fourth-order valence-electron chi connectivity index (χ4n) is 4.78. The Morgan fingerprint density at radius 2 is 1.93 bits per heavy atom. The summed E-state index contributed by atoms with van der Waals surface area (Å²) >= 11 is 1.51. The van der Waals surface area contributed by atoms with Gasteiger partial charge in [-0.15, -0.1) is 11.3 Å². The fraction of sp³-hybridized carbons (Fsp3) is 0.667. The van der Waals surface area contributed by atoms with Crippen molar-refractivity contribution in [3.05, 3.63) is 16.0 Å². The van der Waals surface area contributed by atoms with Crippen LogP contribution in [-0.4, -0.2) is 78.7 Å². The standard InChI is InChI=1S/C21H30N4O3S/c1-4-25-18(27)13-23(3)20(28)19-15-9-10-24(11-16(15)29-21(19)25)17(26)12-22(2)14-7-5-6-8-14/h14H,4-13H2,1-3H3. The minimum Gasteiger partial charge on any atom is -0.336 e. The zero-order valence-corrected chi connectivity index (χ0v) is 18.4. The molecule has 0 atom stereocenters. The van der Waals surface area contributed by atoms with E-state index in [9.17, 15) is 14.4 Å². The molecular weight excluding hydrogens is 388 g/mol. The normalized spacial score (nSPS) is 20.3. The number of amides is 3. The number of hydrogen-bond acceptors (Lipinski definition) is 5. The number of nitrogens with zero attached hydrogens (tertiary/aromatic N) is 4. The zero-order chi connectivity index (χ0) is 20.7. The number of rotatable bonds is 4. The van der Waals surface area contributed by atoms with E-state index in [0.717, 1.165) is 15.4 Å². The number of thiophene rings is 1. The Morgan fingerprint density at radius 1 is 1.21 bits per heavy atom. The summed E-state index contributed by atoms with van der Waals surface area (Å²) in [5, 5.41) is 0.759. The molecule has 1 saturated carbocycles. The van der Waals surface area contributed by atoms with Crippen LogP contribution in [-0.2, 0) is 22.6 Å². The van der Waals surface area contributed by atoms with Gasteiger partial charge in [-0.05, 0) is 38.8 Å². The van der Waals surface area contributed by atoms with E-state index < -0.39 is 0 Å². The second kappa shape index (κ2) is 8.07. The zero-order valence-electron chi connectivity index (χ0n) is 17.6. The number of hydrogen-bond donors (Lipinski definition) is 0. The van der Waals surface area contributed by atoms with E-state index in [1.165, 1.54) is 41.9 Å². The molecule has 4 rings (SSSR count). The molecule has 158 valence electrons. The van der Waals surface area contributed by atoms with Gasteiger partial charge in [-0.25, -0.2) is 0 Å². The second-order valence-corrected chi connectivity index (χ2v) is 9.49. The lowest BCUT2D eigenvalue weighted by Crippen LogP contribution is -2.44. The summed E-state index contributed by atoms with van der Waals surface area (Å²) in [5.74, 6) is 0.0230. The summed E-state index contributed by atoms with van der Waals surface area (Å²) in [6, 6.07) is 0.523. The Balaban J connectivity index is 1.55.